The van der Waals surface area contributed by atoms with Crippen LogP contribution in [0.1, 0.15) is 90.9 Å². The van der Waals surface area contributed by atoms with E-state index in [0.717, 1.165) is 51.4 Å². The highest BCUT2D eigenvalue weighted by Crippen LogP contribution is 2.09. The van der Waals surface area contributed by atoms with Crippen LogP contribution in [0.5, 0.6) is 0 Å². The number of carbonyl (C=O) groups is 4. The van der Waals surface area contributed by atoms with Crippen LogP contribution in [0.4, 0.5) is 0 Å². The summed E-state index contributed by atoms with van der Waals surface area (Å²) in [5.41, 5.74) is 0. The zero-order valence-electron chi connectivity index (χ0n) is 18.7. The van der Waals surface area contributed by atoms with Crippen LogP contribution in [0.3, 0.4) is 0 Å². The summed E-state index contributed by atoms with van der Waals surface area (Å²) in [5.74, 6) is -2.78. The van der Waals surface area contributed by atoms with Gasteiger partial charge in [-0.1, -0.05) is 65.2 Å². The lowest BCUT2D eigenvalue weighted by Crippen LogP contribution is -2.44. The number of rotatable bonds is 19. The molecule has 0 fully saturated rings. The fourth-order valence-electron chi connectivity index (χ4n) is 3.23. The van der Waals surface area contributed by atoms with Crippen LogP contribution in [-0.4, -0.2) is 69.9 Å². The van der Waals surface area contributed by atoms with Gasteiger partial charge in [0.15, 0.2) is 0 Å². The Morgan fingerprint density at radius 2 is 0.900 bits per heavy atom. The van der Waals surface area contributed by atoms with E-state index in [4.69, 9.17) is 10.2 Å². The van der Waals surface area contributed by atoms with Crippen molar-refractivity contribution in [3.63, 3.8) is 0 Å². The molecule has 0 spiro atoms. The predicted octanol–water partition coefficient (Wildman–Crippen LogP) is 3.53. The van der Waals surface area contributed by atoms with Crippen molar-refractivity contribution in [1.29, 1.82) is 0 Å². The molecule has 0 aliphatic heterocycles. The summed E-state index contributed by atoms with van der Waals surface area (Å²) in [5, 5.41) is 18.2. The molecular formula is C22H40N2O6. The monoisotopic (exact) mass is 428 g/mol. The summed E-state index contributed by atoms with van der Waals surface area (Å²) < 4.78 is 0. The van der Waals surface area contributed by atoms with Crippen molar-refractivity contribution in [2.75, 3.05) is 26.2 Å². The largest absolute Gasteiger partial charge is 0.480 e. The molecule has 8 nitrogen and oxygen atoms in total. The molecule has 8 heteroatoms. The molecular weight excluding hydrogens is 388 g/mol. The number of carbonyl (C=O) groups excluding carboxylic acids is 2. The van der Waals surface area contributed by atoms with Gasteiger partial charge in [-0.2, -0.15) is 0 Å². The minimum atomic E-state index is -1.12. The highest BCUT2D eigenvalue weighted by Gasteiger charge is 2.21. The predicted molar refractivity (Wildman–Crippen MR) is 115 cm³/mol. The van der Waals surface area contributed by atoms with Gasteiger partial charge in [-0.15, -0.1) is 0 Å². The Balaban J connectivity index is 4.70. The normalized spacial score (nSPS) is 10.6. The number of carboxylic acids is 2. The van der Waals surface area contributed by atoms with E-state index in [0.29, 0.717) is 12.8 Å². The fourth-order valence-corrected chi connectivity index (χ4v) is 3.23. The molecule has 0 aromatic rings. The summed E-state index contributed by atoms with van der Waals surface area (Å²) in [6.45, 7) is 3.37. The SMILES string of the molecule is CCCCCCCC(=O)N(CCN(CC(=O)O)C(=O)CCCCCCC)CC(=O)O. The third kappa shape index (κ3) is 14.8. The first-order valence-electron chi connectivity index (χ1n) is 11.3. The molecule has 174 valence electrons. The van der Waals surface area contributed by atoms with Gasteiger partial charge in [0.1, 0.15) is 13.1 Å². The molecule has 0 heterocycles. The van der Waals surface area contributed by atoms with E-state index in [-0.39, 0.29) is 37.7 Å². The van der Waals surface area contributed by atoms with Crippen molar-refractivity contribution in [2.24, 2.45) is 0 Å². The van der Waals surface area contributed by atoms with Crippen LogP contribution in [0.15, 0.2) is 0 Å². The Morgan fingerprint density at radius 3 is 1.20 bits per heavy atom. The van der Waals surface area contributed by atoms with Crippen molar-refractivity contribution < 1.29 is 29.4 Å². The second kappa shape index (κ2) is 17.7. The molecule has 0 rings (SSSR count). The molecule has 0 aliphatic carbocycles. The molecule has 0 unspecified atom stereocenters. The minimum absolute atomic E-state index is 0.0228. The molecule has 0 atom stereocenters. The third-order valence-electron chi connectivity index (χ3n) is 4.99. The lowest BCUT2D eigenvalue weighted by Gasteiger charge is -2.26. The Bertz CT molecular complexity index is 478. The van der Waals surface area contributed by atoms with Gasteiger partial charge in [0.2, 0.25) is 11.8 Å². The number of carboxylic acid groups (broad SMARTS) is 2. The van der Waals surface area contributed by atoms with Gasteiger partial charge in [-0.25, -0.2) is 0 Å². The lowest BCUT2D eigenvalue weighted by atomic mass is 10.1. The number of unbranched alkanes of at least 4 members (excludes halogenated alkanes) is 8. The van der Waals surface area contributed by atoms with Crippen molar-refractivity contribution in [1.82, 2.24) is 9.80 Å². The molecule has 0 aromatic carbocycles. The van der Waals surface area contributed by atoms with Crippen LogP contribution in [0.25, 0.3) is 0 Å². The van der Waals surface area contributed by atoms with Gasteiger partial charge in [-0.05, 0) is 12.8 Å². The number of aliphatic carboxylic acids is 2. The molecule has 0 saturated carbocycles. The molecule has 2 amide bonds. The van der Waals surface area contributed by atoms with Gasteiger partial charge in [0.05, 0.1) is 0 Å². The maximum atomic E-state index is 12.4. The molecule has 0 aliphatic rings. The second-order valence-corrected chi connectivity index (χ2v) is 7.75. The van der Waals surface area contributed by atoms with Gasteiger partial charge in [-0.3, -0.25) is 19.2 Å². The van der Waals surface area contributed by atoms with E-state index in [1.165, 1.54) is 9.80 Å². The average molecular weight is 429 g/mol. The van der Waals surface area contributed by atoms with Crippen molar-refractivity contribution in [2.45, 2.75) is 90.9 Å². The van der Waals surface area contributed by atoms with E-state index in [1.807, 2.05) is 0 Å². The zero-order chi connectivity index (χ0) is 22.8. The maximum Gasteiger partial charge on any atom is 0.323 e. The van der Waals surface area contributed by atoms with Crippen LogP contribution in [-0.2, 0) is 19.2 Å². The van der Waals surface area contributed by atoms with Gasteiger partial charge in [0, 0.05) is 25.9 Å². The number of hydrogen-bond acceptors (Lipinski definition) is 4. The molecule has 0 saturated heterocycles. The standard InChI is InChI=1S/C22H40N2O6/c1-3-5-7-9-11-13-19(25)23(17-21(27)28)15-16-24(18-22(29)30)20(26)14-12-10-8-6-4-2/h3-18H2,1-2H3,(H,27,28)(H,29,30). The topological polar surface area (TPSA) is 115 Å². The highest BCUT2D eigenvalue weighted by molar-refractivity contribution is 5.82. The van der Waals surface area contributed by atoms with Crippen LogP contribution >= 0.6 is 0 Å². The van der Waals surface area contributed by atoms with E-state index in [2.05, 4.69) is 13.8 Å². The number of hydrogen-bond donors (Lipinski definition) is 2. The Hall–Kier alpha value is -2.12. The van der Waals surface area contributed by atoms with Gasteiger partial charge >= 0.3 is 11.9 Å². The fraction of sp³-hybridized carbons (Fsp3) is 0.818. The van der Waals surface area contributed by atoms with Crippen LogP contribution in [0, 0.1) is 0 Å². The Morgan fingerprint density at radius 1 is 0.567 bits per heavy atom. The highest BCUT2D eigenvalue weighted by atomic mass is 16.4. The minimum Gasteiger partial charge on any atom is -0.480 e. The first-order chi connectivity index (χ1) is 14.3. The summed E-state index contributed by atoms with van der Waals surface area (Å²) in [6.07, 6.45) is 10.3. The molecule has 2 N–H and O–H groups in total. The maximum absolute atomic E-state index is 12.4. The molecule has 0 radical (unpaired) electrons. The Kier molecular flexibility index (Phi) is 16.5. The van der Waals surface area contributed by atoms with Crippen LogP contribution in [0.2, 0.25) is 0 Å². The van der Waals surface area contributed by atoms with Gasteiger partial charge in [0.25, 0.3) is 0 Å². The third-order valence-corrected chi connectivity index (χ3v) is 4.99. The Labute approximate surface area is 180 Å². The van der Waals surface area contributed by atoms with E-state index >= 15 is 0 Å². The lowest BCUT2D eigenvalue weighted by molar-refractivity contribution is -0.147. The van der Waals surface area contributed by atoms with Crippen molar-refractivity contribution in [3.05, 3.63) is 0 Å². The number of nitrogens with zero attached hydrogens (tertiary/aromatic N) is 2. The quantitative estimate of drug-likeness (QED) is 0.304. The summed E-state index contributed by atoms with van der Waals surface area (Å²) in [7, 11) is 0. The number of amides is 2. The second-order valence-electron chi connectivity index (χ2n) is 7.75. The first kappa shape index (κ1) is 27.9. The first-order valence-corrected chi connectivity index (χ1v) is 11.3. The van der Waals surface area contributed by atoms with Crippen molar-refractivity contribution >= 4 is 23.8 Å². The molecule has 0 bridgehead atoms. The zero-order valence-corrected chi connectivity index (χ0v) is 18.7. The smallest absolute Gasteiger partial charge is 0.323 e. The van der Waals surface area contributed by atoms with E-state index in [9.17, 15) is 19.2 Å². The van der Waals surface area contributed by atoms with E-state index in [1.54, 1.807) is 0 Å². The average Bonchev–Trinajstić information content (AvgIpc) is 2.68. The summed E-state index contributed by atoms with van der Waals surface area (Å²) >= 11 is 0. The van der Waals surface area contributed by atoms with Crippen molar-refractivity contribution in [3.8, 4) is 0 Å². The van der Waals surface area contributed by atoms with Gasteiger partial charge < -0.3 is 20.0 Å². The van der Waals surface area contributed by atoms with E-state index < -0.39 is 25.0 Å². The molecule has 0 aromatic heterocycles. The summed E-state index contributed by atoms with van der Waals surface area (Å²) in [4.78, 5) is 49.6. The van der Waals surface area contributed by atoms with Crippen LogP contribution < -0.4 is 0 Å². The molecule has 30 heavy (non-hydrogen) atoms. The summed E-state index contributed by atoms with van der Waals surface area (Å²) in [6, 6.07) is 0.